The molecule has 1 aliphatic rings. The number of nitrogens with zero attached hydrogens (tertiary/aromatic N) is 3. The van der Waals surface area contributed by atoms with E-state index in [0.717, 1.165) is 44.1 Å². The van der Waals surface area contributed by atoms with Crippen molar-refractivity contribution in [2.45, 2.75) is 32.3 Å². The van der Waals surface area contributed by atoms with E-state index in [0.29, 0.717) is 5.75 Å². The first-order chi connectivity index (χ1) is 9.63. The fraction of sp³-hybridized carbons (Fsp3) is 0.714. The Balaban J connectivity index is 2.29. The van der Waals surface area contributed by atoms with Gasteiger partial charge in [0.1, 0.15) is 6.33 Å². The highest BCUT2D eigenvalue weighted by molar-refractivity contribution is 5.65. The molecule has 20 heavy (non-hydrogen) atoms. The number of aromatic nitrogens is 2. The second-order valence-electron chi connectivity index (χ2n) is 5.29. The van der Waals surface area contributed by atoms with Crippen molar-refractivity contribution in [3.05, 3.63) is 6.33 Å². The molecule has 0 amide bonds. The van der Waals surface area contributed by atoms with Crippen LogP contribution in [0.15, 0.2) is 6.33 Å². The average Bonchev–Trinajstić information content (AvgIpc) is 2.47. The molecule has 1 aromatic rings. The lowest BCUT2D eigenvalue weighted by molar-refractivity contribution is -0.00489. The molecule has 2 rings (SSSR count). The molecular weight excluding hydrogens is 256 g/mol. The van der Waals surface area contributed by atoms with Gasteiger partial charge in [-0.15, -0.1) is 0 Å². The van der Waals surface area contributed by atoms with Gasteiger partial charge < -0.3 is 19.7 Å². The van der Waals surface area contributed by atoms with E-state index in [4.69, 9.17) is 9.47 Å². The smallest absolute Gasteiger partial charge is 0.204 e. The summed E-state index contributed by atoms with van der Waals surface area (Å²) in [5.41, 5.74) is -0.132. The van der Waals surface area contributed by atoms with Crippen LogP contribution >= 0.6 is 0 Å². The van der Waals surface area contributed by atoms with Gasteiger partial charge in [-0.3, -0.25) is 0 Å². The van der Waals surface area contributed by atoms with E-state index in [-0.39, 0.29) is 5.60 Å². The van der Waals surface area contributed by atoms with Gasteiger partial charge in [0.25, 0.3) is 0 Å². The minimum atomic E-state index is -0.132. The van der Waals surface area contributed by atoms with Crippen LogP contribution < -0.4 is 15.0 Å². The van der Waals surface area contributed by atoms with Gasteiger partial charge in [-0.2, -0.15) is 0 Å². The maximum absolute atomic E-state index is 5.64. The number of rotatable bonds is 5. The van der Waals surface area contributed by atoms with E-state index >= 15 is 0 Å². The second-order valence-corrected chi connectivity index (χ2v) is 5.29. The van der Waals surface area contributed by atoms with Gasteiger partial charge in [0.05, 0.1) is 12.7 Å². The average molecular weight is 280 g/mol. The molecule has 0 bridgehead atoms. The SMILES string of the molecule is CCNc1ncnc(N2CCCC(C)(OC)C2)c1OC. The fourth-order valence-electron chi connectivity index (χ4n) is 2.62. The Morgan fingerprint density at radius 1 is 1.40 bits per heavy atom. The Labute approximate surface area is 120 Å². The van der Waals surface area contributed by atoms with Gasteiger partial charge in [0.15, 0.2) is 11.6 Å². The van der Waals surface area contributed by atoms with E-state index < -0.39 is 0 Å². The summed E-state index contributed by atoms with van der Waals surface area (Å²) in [6.45, 7) is 6.73. The number of hydrogen-bond donors (Lipinski definition) is 1. The predicted octanol–water partition coefficient (Wildman–Crippen LogP) is 1.92. The summed E-state index contributed by atoms with van der Waals surface area (Å²) in [5.74, 6) is 2.28. The number of nitrogens with one attached hydrogen (secondary N) is 1. The lowest BCUT2D eigenvalue weighted by Gasteiger charge is -2.40. The van der Waals surface area contributed by atoms with Crippen LogP contribution in [-0.2, 0) is 4.74 Å². The van der Waals surface area contributed by atoms with E-state index in [2.05, 4.69) is 27.1 Å². The van der Waals surface area contributed by atoms with E-state index in [1.165, 1.54) is 0 Å². The van der Waals surface area contributed by atoms with Gasteiger partial charge >= 0.3 is 0 Å². The van der Waals surface area contributed by atoms with Gasteiger partial charge in [-0.25, -0.2) is 9.97 Å². The van der Waals surface area contributed by atoms with Crippen LogP contribution in [0.25, 0.3) is 0 Å². The monoisotopic (exact) mass is 280 g/mol. The zero-order chi connectivity index (χ0) is 14.6. The maximum Gasteiger partial charge on any atom is 0.204 e. The molecule has 0 saturated carbocycles. The quantitative estimate of drug-likeness (QED) is 0.889. The van der Waals surface area contributed by atoms with Crippen LogP contribution in [0.2, 0.25) is 0 Å². The Bertz CT molecular complexity index is 455. The zero-order valence-electron chi connectivity index (χ0n) is 12.8. The van der Waals surface area contributed by atoms with Crippen molar-refractivity contribution in [3.63, 3.8) is 0 Å². The van der Waals surface area contributed by atoms with E-state index in [1.807, 2.05) is 6.92 Å². The molecule has 6 heteroatoms. The highest BCUT2D eigenvalue weighted by atomic mass is 16.5. The van der Waals surface area contributed by atoms with Crippen molar-refractivity contribution in [2.75, 3.05) is 44.1 Å². The minimum Gasteiger partial charge on any atom is -0.490 e. The summed E-state index contributed by atoms with van der Waals surface area (Å²) in [7, 11) is 3.42. The number of hydrogen-bond acceptors (Lipinski definition) is 6. The van der Waals surface area contributed by atoms with Gasteiger partial charge in [-0.1, -0.05) is 0 Å². The summed E-state index contributed by atoms with van der Waals surface area (Å²) in [4.78, 5) is 10.9. The van der Waals surface area contributed by atoms with Crippen LogP contribution in [0.1, 0.15) is 26.7 Å². The summed E-state index contributed by atoms with van der Waals surface area (Å²) >= 11 is 0. The molecule has 1 fully saturated rings. The van der Waals surface area contributed by atoms with Crippen molar-refractivity contribution in [2.24, 2.45) is 0 Å². The molecule has 0 aliphatic carbocycles. The molecule has 1 saturated heterocycles. The Morgan fingerprint density at radius 2 is 2.20 bits per heavy atom. The Kier molecular flexibility index (Phi) is 4.65. The number of ether oxygens (including phenoxy) is 2. The van der Waals surface area contributed by atoms with Crippen LogP contribution in [0, 0.1) is 0 Å². The molecule has 0 aromatic carbocycles. The number of anilines is 2. The van der Waals surface area contributed by atoms with Gasteiger partial charge in [0, 0.05) is 26.7 Å². The first-order valence-corrected chi connectivity index (χ1v) is 7.06. The lowest BCUT2D eigenvalue weighted by Crippen LogP contribution is -2.47. The Hall–Kier alpha value is -1.56. The van der Waals surface area contributed by atoms with E-state index in [9.17, 15) is 0 Å². The van der Waals surface area contributed by atoms with Gasteiger partial charge in [-0.05, 0) is 26.7 Å². The summed E-state index contributed by atoms with van der Waals surface area (Å²) in [6, 6.07) is 0. The molecule has 1 aliphatic heterocycles. The zero-order valence-corrected chi connectivity index (χ0v) is 12.8. The molecule has 0 radical (unpaired) electrons. The molecule has 1 aromatic heterocycles. The molecule has 6 nitrogen and oxygen atoms in total. The van der Waals surface area contributed by atoms with Crippen molar-refractivity contribution in [1.29, 1.82) is 0 Å². The Morgan fingerprint density at radius 3 is 2.85 bits per heavy atom. The summed E-state index contributed by atoms with van der Waals surface area (Å²) in [5, 5.41) is 3.21. The van der Waals surface area contributed by atoms with Crippen molar-refractivity contribution in [3.8, 4) is 5.75 Å². The second kappa shape index (κ2) is 6.26. The van der Waals surface area contributed by atoms with Crippen LogP contribution in [-0.4, -0.2) is 49.4 Å². The minimum absolute atomic E-state index is 0.132. The number of methoxy groups -OCH3 is 2. The molecule has 1 N–H and O–H groups in total. The summed E-state index contributed by atoms with van der Waals surface area (Å²) in [6.07, 6.45) is 3.72. The molecule has 112 valence electrons. The fourth-order valence-corrected chi connectivity index (χ4v) is 2.62. The molecule has 1 atom stereocenters. The first-order valence-electron chi connectivity index (χ1n) is 7.06. The topological polar surface area (TPSA) is 59.5 Å². The van der Waals surface area contributed by atoms with Crippen molar-refractivity contribution in [1.82, 2.24) is 9.97 Å². The molecule has 0 spiro atoms. The molecule has 1 unspecified atom stereocenters. The number of piperidine rings is 1. The summed E-state index contributed by atoms with van der Waals surface area (Å²) < 4.78 is 11.2. The van der Waals surface area contributed by atoms with E-state index in [1.54, 1.807) is 20.5 Å². The largest absolute Gasteiger partial charge is 0.490 e. The third-order valence-corrected chi connectivity index (χ3v) is 3.78. The molecule has 2 heterocycles. The first kappa shape index (κ1) is 14.8. The molecular formula is C14H24N4O2. The van der Waals surface area contributed by atoms with Crippen LogP contribution in [0.4, 0.5) is 11.6 Å². The lowest BCUT2D eigenvalue weighted by atomic mass is 9.95. The van der Waals surface area contributed by atoms with Crippen molar-refractivity contribution >= 4 is 11.6 Å². The third-order valence-electron chi connectivity index (χ3n) is 3.78. The predicted molar refractivity (Wildman–Crippen MR) is 79.6 cm³/mol. The normalized spacial score (nSPS) is 22.7. The standard InChI is InChI=1S/C14H24N4O2/c1-5-15-12-11(19-3)13(17-10-16-12)18-8-6-7-14(2,9-18)20-4/h10H,5-9H2,1-4H3,(H,15,16,17). The third kappa shape index (κ3) is 2.95. The van der Waals surface area contributed by atoms with Gasteiger partial charge in [0.2, 0.25) is 5.75 Å². The van der Waals surface area contributed by atoms with Crippen LogP contribution in [0.3, 0.4) is 0 Å². The highest BCUT2D eigenvalue weighted by Crippen LogP contribution is 2.35. The van der Waals surface area contributed by atoms with Crippen LogP contribution in [0.5, 0.6) is 5.75 Å². The highest BCUT2D eigenvalue weighted by Gasteiger charge is 2.33. The van der Waals surface area contributed by atoms with Crippen molar-refractivity contribution < 1.29 is 9.47 Å². The maximum atomic E-state index is 5.64.